The van der Waals surface area contributed by atoms with Crippen LogP contribution in [0, 0.1) is 17.6 Å². The largest absolute Gasteiger partial charge is 0.376 e. The second kappa shape index (κ2) is 8.82. The van der Waals surface area contributed by atoms with Crippen LogP contribution in [-0.2, 0) is 6.54 Å². The van der Waals surface area contributed by atoms with E-state index in [1.165, 1.54) is 24.3 Å². The molecule has 0 aromatic heterocycles. The molecule has 33 heavy (non-hydrogen) atoms. The number of anilines is 1. The first-order chi connectivity index (χ1) is 16.1. The summed E-state index contributed by atoms with van der Waals surface area (Å²) in [5.41, 5.74) is 4.36. The van der Waals surface area contributed by atoms with Gasteiger partial charge in [0.25, 0.3) is 5.91 Å². The number of amides is 1. The molecule has 0 fully saturated rings. The lowest BCUT2D eigenvalue weighted by Gasteiger charge is -2.25. The molecule has 3 aromatic rings. The number of hydrogen-bond acceptors (Lipinski definition) is 3. The summed E-state index contributed by atoms with van der Waals surface area (Å²) in [6, 6.07) is 17.6. The SMILES string of the molecule is O=C(NCc1ccc(F)cc1)c1ccc2c(c1)N=C(c1ccc(F)cc1)C1C=CC=CC1N2. The van der Waals surface area contributed by atoms with Crippen LogP contribution in [0.25, 0.3) is 0 Å². The number of fused-ring (bicyclic) bond motifs is 2. The van der Waals surface area contributed by atoms with Gasteiger partial charge in [-0.1, -0.05) is 48.6 Å². The Hall–Kier alpha value is -4.06. The summed E-state index contributed by atoms with van der Waals surface area (Å²) in [6.07, 6.45) is 8.11. The summed E-state index contributed by atoms with van der Waals surface area (Å²) in [7, 11) is 0. The minimum atomic E-state index is -0.316. The average molecular weight is 441 g/mol. The second-order valence-corrected chi connectivity index (χ2v) is 8.01. The number of benzene rings is 3. The van der Waals surface area contributed by atoms with Crippen molar-refractivity contribution >= 4 is 23.0 Å². The van der Waals surface area contributed by atoms with E-state index < -0.39 is 0 Å². The van der Waals surface area contributed by atoms with Gasteiger partial charge in [0.05, 0.1) is 23.1 Å². The van der Waals surface area contributed by atoms with Crippen LogP contribution in [0.5, 0.6) is 0 Å². The Kier molecular flexibility index (Phi) is 5.57. The summed E-state index contributed by atoms with van der Waals surface area (Å²) in [6.45, 7) is 0.290. The zero-order valence-electron chi connectivity index (χ0n) is 17.6. The molecule has 1 amide bonds. The first kappa shape index (κ1) is 20.8. The number of aliphatic imine (C=N–C) groups is 1. The van der Waals surface area contributed by atoms with E-state index in [9.17, 15) is 13.6 Å². The summed E-state index contributed by atoms with van der Waals surface area (Å²) < 4.78 is 26.6. The quantitative estimate of drug-likeness (QED) is 0.558. The van der Waals surface area contributed by atoms with Crippen molar-refractivity contribution in [1.82, 2.24) is 5.32 Å². The Morgan fingerprint density at radius 3 is 2.36 bits per heavy atom. The molecule has 164 valence electrons. The van der Waals surface area contributed by atoms with Crippen molar-refractivity contribution < 1.29 is 13.6 Å². The molecular weight excluding hydrogens is 420 g/mol. The molecule has 3 aromatic carbocycles. The monoisotopic (exact) mass is 441 g/mol. The highest BCUT2D eigenvalue weighted by Gasteiger charge is 2.28. The standard InChI is InChI=1S/C27H21F2N3O/c28-20-10-5-17(6-11-20)16-30-27(33)19-9-14-24-25(15-19)32-26(18-7-12-21(29)13-8-18)22-3-1-2-4-23(22)31-24/h1-15,22-23,31H,16H2,(H,30,33). The van der Waals surface area contributed by atoms with Crippen LogP contribution in [0.3, 0.4) is 0 Å². The normalized spacial score (nSPS) is 18.4. The third-order valence-electron chi connectivity index (χ3n) is 5.78. The predicted molar refractivity (Wildman–Crippen MR) is 126 cm³/mol. The van der Waals surface area contributed by atoms with Crippen LogP contribution in [0.15, 0.2) is 96.0 Å². The van der Waals surface area contributed by atoms with Gasteiger partial charge >= 0.3 is 0 Å². The maximum absolute atomic E-state index is 13.5. The van der Waals surface area contributed by atoms with Crippen molar-refractivity contribution in [3.8, 4) is 0 Å². The fraction of sp³-hybridized carbons (Fsp3) is 0.111. The zero-order chi connectivity index (χ0) is 22.8. The van der Waals surface area contributed by atoms with Gasteiger partial charge in [0.2, 0.25) is 0 Å². The van der Waals surface area contributed by atoms with Gasteiger partial charge in [0, 0.05) is 18.0 Å². The third-order valence-corrected chi connectivity index (χ3v) is 5.78. The predicted octanol–water partition coefficient (Wildman–Crippen LogP) is 5.55. The average Bonchev–Trinajstić information content (AvgIpc) is 3.00. The molecule has 5 rings (SSSR count). The molecule has 6 heteroatoms. The highest BCUT2D eigenvalue weighted by atomic mass is 19.1. The molecule has 0 saturated carbocycles. The van der Waals surface area contributed by atoms with E-state index in [1.807, 2.05) is 18.2 Å². The molecule has 0 saturated heterocycles. The Morgan fingerprint density at radius 1 is 0.909 bits per heavy atom. The highest BCUT2D eigenvalue weighted by molar-refractivity contribution is 6.07. The van der Waals surface area contributed by atoms with Gasteiger partial charge in [-0.2, -0.15) is 0 Å². The highest BCUT2D eigenvalue weighted by Crippen LogP contribution is 2.35. The maximum Gasteiger partial charge on any atom is 0.251 e. The van der Waals surface area contributed by atoms with Crippen LogP contribution >= 0.6 is 0 Å². The van der Waals surface area contributed by atoms with Crippen molar-refractivity contribution in [3.63, 3.8) is 0 Å². The number of nitrogens with one attached hydrogen (secondary N) is 2. The Bertz CT molecular complexity index is 1280. The van der Waals surface area contributed by atoms with Gasteiger partial charge in [0.15, 0.2) is 0 Å². The second-order valence-electron chi connectivity index (χ2n) is 8.01. The van der Waals surface area contributed by atoms with Crippen molar-refractivity contribution in [3.05, 3.63) is 119 Å². The lowest BCUT2D eigenvalue weighted by Crippen LogP contribution is -2.32. The molecule has 4 nitrogen and oxygen atoms in total. The van der Waals surface area contributed by atoms with E-state index in [1.54, 1.807) is 36.4 Å². The third kappa shape index (κ3) is 4.46. The van der Waals surface area contributed by atoms with Gasteiger partial charge in [-0.3, -0.25) is 4.79 Å². The molecule has 2 N–H and O–H groups in total. The summed E-state index contributed by atoms with van der Waals surface area (Å²) in [5.74, 6) is -0.906. The molecule has 2 unspecified atom stereocenters. The number of carbonyl (C=O) groups is 1. The van der Waals surface area contributed by atoms with E-state index in [4.69, 9.17) is 4.99 Å². The first-order valence-electron chi connectivity index (χ1n) is 10.7. The Labute approximate surface area is 190 Å². The lowest BCUT2D eigenvalue weighted by molar-refractivity contribution is 0.0951. The number of carbonyl (C=O) groups excluding carboxylic acids is 1. The van der Waals surface area contributed by atoms with Crippen LogP contribution in [0.1, 0.15) is 21.5 Å². The van der Waals surface area contributed by atoms with Crippen molar-refractivity contribution in [2.24, 2.45) is 10.9 Å². The fourth-order valence-corrected chi connectivity index (χ4v) is 4.04. The Morgan fingerprint density at radius 2 is 1.61 bits per heavy atom. The first-order valence-corrected chi connectivity index (χ1v) is 10.7. The smallest absolute Gasteiger partial charge is 0.251 e. The summed E-state index contributed by atoms with van der Waals surface area (Å²) in [5, 5.41) is 6.37. The molecule has 0 spiro atoms. The lowest BCUT2D eigenvalue weighted by atomic mass is 9.87. The van der Waals surface area contributed by atoms with Crippen LogP contribution in [-0.4, -0.2) is 17.7 Å². The maximum atomic E-state index is 13.5. The van der Waals surface area contributed by atoms with Crippen LogP contribution in [0.2, 0.25) is 0 Å². The molecule has 1 aliphatic carbocycles. The number of halogens is 2. The van der Waals surface area contributed by atoms with E-state index in [-0.39, 0.29) is 36.0 Å². The van der Waals surface area contributed by atoms with Gasteiger partial charge in [-0.05, 0) is 53.6 Å². The van der Waals surface area contributed by atoms with E-state index in [0.717, 1.165) is 22.5 Å². The number of nitrogens with zero attached hydrogens (tertiary/aromatic N) is 1. The minimum Gasteiger partial charge on any atom is -0.376 e. The van der Waals surface area contributed by atoms with Crippen molar-refractivity contribution in [2.45, 2.75) is 12.6 Å². The van der Waals surface area contributed by atoms with Crippen molar-refractivity contribution in [2.75, 3.05) is 5.32 Å². The molecular formula is C27H21F2N3O. The van der Waals surface area contributed by atoms with E-state index in [0.29, 0.717) is 11.3 Å². The molecule has 2 atom stereocenters. The van der Waals surface area contributed by atoms with E-state index >= 15 is 0 Å². The number of allylic oxidation sites excluding steroid dienone is 2. The number of hydrogen-bond donors (Lipinski definition) is 2. The van der Waals surface area contributed by atoms with Crippen LogP contribution < -0.4 is 10.6 Å². The Balaban J connectivity index is 1.46. The van der Waals surface area contributed by atoms with Crippen LogP contribution in [0.4, 0.5) is 20.2 Å². The molecule has 0 radical (unpaired) electrons. The van der Waals surface area contributed by atoms with Gasteiger partial charge < -0.3 is 10.6 Å². The van der Waals surface area contributed by atoms with E-state index in [2.05, 4.69) is 22.8 Å². The van der Waals surface area contributed by atoms with Gasteiger partial charge in [-0.15, -0.1) is 0 Å². The summed E-state index contributed by atoms with van der Waals surface area (Å²) >= 11 is 0. The zero-order valence-corrected chi connectivity index (χ0v) is 17.6. The van der Waals surface area contributed by atoms with Crippen molar-refractivity contribution in [1.29, 1.82) is 0 Å². The minimum absolute atomic E-state index is 0.0156. The molecule has 2 aliphatic rings. The summed E-state index contributed by atoms with van der Waals surface area (Å²) in [4.78, 5) is 17.7. The fourth-order valence-electron chi connectivity index (χ4n) is 4.04. The van der Waals surface area contributed by atoms with Gasteiger partial charge in [-0.25, -0.2) is 13.8 Å². The molecule has 0 bridgehead atoms. The molecule has 1 heterocycles. The van der Waals surface area contributed by atoms with Gasteiger partial charge in [0.1, 0.15) is 11.6 Å². The topological polar surface area (TPSA) is 53.5 Å². The molecule has 1 aliphatic heterocycles. The number of rotatable bonds is 4.